The van der Waals surface area contributed by atoms with Gasteiger partial charge in [0, 0.05) is 17.4 Å². The zero-order valence-electron chi connectivity index (χ0n) is 14.2. The number of hydrogen-bond donors (Lipinski definition) is 1. The van der Waals surface area contributed by atoms with Crippen molar-refractivity contribution in [3.63, 3.8) is 0 Å². The molecule has 1 heterocycles. The van der Waals surface area contributed by atoms with Crippen molar-refractivity contribution in [1.82, 2.24) is 4.31 Å². The quantitative estimate of drug-likeness (QED) is 0.836. The molecule has 0 amide bonds. The first-order valence-corrected chi connectivity index (χ1v) is 10.4. The maximum Gasteiger partial charge on any atom is 0.212 e. The fourth-order valence-electron chi connectivity index (χ4n) is 3.86. The number of sulfonamides is 1. The molecule has 1 aromatic rings. The van der Waals surface area contributed by atoms with Gasteiger partial charge in [0.2, 0.25) is 10.0 Å². The minimum Gasteiger partial charge on any atom is -0.395 e. The molecule has 2 aliphatic rings. The number of hydrogen-bond acceptors (Lipinski definition) is 4. The van der Waals surface area contributed by atoms with E-state index < -0.39 is 22.1 Å². The summed E-state index contributed by atoms with van der Waals surface area (Å²) in [7, 11) is -3.53. The van der Waals surface area contributed by atoms with Gasteiger partial charge in [0.15, 0.2) is 0 Å². The third-order valence-corrected chi connectivity index (χ3v) is 6.39. The van der Waals surface area contributed by atoms with Crippen LogP contribution in [0.1, 0.15) is 42.7 Å². The zero-order valence-corrected chi connectivity index (χ0v) is 15.0. The first-order valence-electron chi connectivity index (χ1n) is 8.56. The lowest BCUT2D eigenvalue weighted by Crippen LogP contribution is -2.64. The van der Waals surface area contributed by atoms with Crippen molar-refractivity contribution in [2.75, 3.05) is 12.9 Å². The van der Waals surface area contributed by atoms with Crippen LogP contribution in [0.2, 0.25) is 0 Å². The van der Waals surface area contributed by atoms with Crippen molar-refractivity contribution in [1.29, 1.82) is 5.26 Å². The Balaban J connectivity index is 1.78. The maximum absolute atomic E-state index is 11.8. The number of rotatable bonds is 3. The molecular formula is C19H22N2O3S. The molecule has 132 valence electrons. The van der Waals surface area contributed by atoms with Crippen LogP contribution in [0, 0.1) is 29.1 Å². The Morgan fingerprint density at radius 2 is 1.88 bits per heavy atom. The van der Waals surface area contributed by atoms with E-state index in [1.54, 1.807) is 0 Å². The molecule has 3 atom stereocenters. The molecule has 0 bridgehead atoms. The molecule has 1 saturated carbocycles. The van der Waals surface area contributed by atoms with Gasteiger partial charge in [-0.05, 0) is 30.5 Å². The van der Waals surface area contributed by atoms with Crippen LogP contribution >= 0.6 is 0 Å². The molecule has 0 unspecified atom stereocenters. The predicted molar refractivity (Wildman–Crippen MR) is 95.0 cm³/mol. The number of nitriles is 1. The van der Waals surface area contributed by atoms with E-state index in [1.165, 1.54) is 25.7 Å². The van der Waals surface area contributed by atoms with Crippen LogP contribution < -0.4 is 0 Å². The van der Waals surface area contributed by atoms with E-state index in [0.29, 0.717) is 5.92 Å². The Morgan fingerprint density at radius 3 is 2.40 bits per heavy atom. The summed E-state index contributed by atoms with van der Waals surface area (Å²) in [6.07, 6.45) is 5.94. The first-order chi connectivity index (χ1) is 12.0. The Bertz CT molecular complexity index is 824. The van der Waals surface area contributed by atoms with E-state index in [9.17, 15) is 18.8 Å². The van der Waals surface area contributed by atoms with Gasteiger partial charge in [0.1, 0.15) is 6.04 Å². The molecule has 0 spiro atoms. The van der Waals surface area contributed by atoms with Crippen molar-refractivity contribution < 1.29 is 13.5 Å². The third-order valence-electron chi connectivity index (χ3n) is 5.13. The molecule has 1 saturated heterocycles. The second kappa shape index (κ2) is 7.17. The van der Waals surface area contributed by atoms with Crippen LogP contribution in [0.15, 0.2) is 24.3 Å². The molecule has 3 rings (SSSR count). The van der Waals surface area contributed by atoms with Crippen molar-refractivity contribution in [3.8, 4) is 17.9 Å². The fraction of sp³-hybridized carbons (Fsp3) is 0.526. The number of benzene rings is 1. The van der Waals surface area contributed by atoms with Gasteiger partial charge in [0.05, 0.1) is 25.0 Å². The molecule has 1 aliphatic heterocycles. The molecular weight excluding hydrogens is 336 g/mol. The minimum absolute atomic E-state index is 0.306. The molecule has 1 aromatic carbocycles. The van der Waals surface area contributed by atoms with E-state index in [1.807, 2.05) is 24.3 Å². The second-order valence-corrected chi connectivity index (χ2v) is 8.70. The molecule has 6 heteroatoms. The monoisotopic (exact) mass is 358 g/mol. The van der Waals surface area contributed by atoms with Gasteiger partial charge >= 0.3 is 0 Å². The number of aliphatic hydroxyl groups is 1. The summed E-state index contributed by atoms with van der Waals surface area (Å²) < 4.78 is 24.8. The topological polar surface area (TPSA) is 81.4 Å². The van der Waals surface area contributed by atoms with Crippen LogP contribution in [0.25, 0.3) is 0 Å². The summed E-state index contributed by atoms with van der Waals surface area (Å²) in [5.74, 6) is 6.69. The van der Waals surface area contributed by atoms with Gasteiger partial charge in [-0.1, -0.05) is 36.8 Å². The Kier molecular flexibility index (Phi) is 5.15. The summed E-state index contributed by atoms with van der Waals surface area (Å²) in [5.41, 5.74) is 1.78. The normalized spacial score (nSPS) is 27.2. The lowest BCUT2D eigenvalue weighted by molar-refractivity contribution is 0.0564. The van der Waals surface area contributed by atoms with E-state index >= 15 is 0 Å². The molecule has 2 fully saturated rings. The number of aliphatic hydroxyl groups excluding tert-OH is 1. The maximum atomic E-state index is 11.8. The van der Waals surface area contributed by atoms with Crippen LogP contribution in [0.3, 0.4) is 0 Å². The lowest BCUT2D eigenvalue weighted by Gasteiger charge is -2.49. The molecule has 1 aliphatic carbocycles. The van der Waals surface area contributed by atoms with Crippen LogP contribution in [0.4, 0.5) is 0 Å². The Morgan fingerprint density at radius 1 is 1.24 bits per heavy atom. The Labute approximate surface area is 149 Å². The zero-order chi connectivity index (χ0) is 18.0. The van der Waals surface area contributed by atoms with Crippen molar-refractivity contribution in [2.45, 2.75) is 43.7 Å². The number of nitrogens with zero attached hydrogens (tertiary/aromatic N) is 2. The largest absolute Gasteiger partial charge is 0.395 e. The summed E-state index contributed by atoms with van der Waals surface area (Å²) in [5, 5.41) is 19.0. The summed E-state index contributed by atoms with van der Waals surface area (Å²) in [6, 6.07) is 8.27. The highest BCUT2D eigenvalue weighted by molar-refractivity contribution is 7.88. The standard InChI is InChI=1S/C19H22N2O3S/c1-25(23,24)21-17(12-20)19(18(21)13-22)16-10-8-15(9-11-16)7-6-14-4-2-3-5-14/h8-11,14,17-19,22H,2-5,13H2,1H3/t17-,18-,19+/m1/s1. The van der Waals surface area contributed by atoms with Gasteiger partial charge in [-0.25, -0.2) is 8.42 Å². The smallest absolute Gasteiger partial charge is 0.212 e. The van der Waals surface area contributed by atoms with E-state index in [2.05, 4.69) is 17.9 Å². The molecule has 0 radical (unpaired) electrons. The van der Waals surface area contributed by atoms with Gasteiger partial charge < -0.3 is 5.11 Å². The second-order valence-electron chi connectivity index (χ2n) is 6.82. The first kappa shape index (κ1) is 17.9. The SMILES string of the molecule is CS(=O)(=O)N1[C@H](C#N)[C@H](c2ccc(C#CC3CCCC3)cc2)[C@H]1CO. The highest BCUT2D eigenvalue weighted by Gasteiger charge is 2.53. The minimum atomic E-state index is -3.53. The molecule has 25 heavy (non-hydrogen) atoms. The van der Waals surface area contributed by atoms with Crippen molar-refractivity contribution >= 4 is 10.0 Å². The van der Waals surface area contributed by atoms with Gasteiger partial charge in [-0.2, -0.15) is 9.57 Å². The predicted octanol–water partition coefficient (Wildman–Crippen LogP) is 1.84. The van der Waals surface area contributed by atoms with Gasteiger partial charge in [-0.3, -0.25) is 0 Å². The van der Waals surface area contributed by atoms with Crippen LogP contribution in [-0.4, -0.2) is 42.8 Å². The highest BCUT2D eigenvalue weighted by Crippen LogP contribution is 2.41. The van der Waals surface area contributed by atoms with Crippen LogP contribution in [-0.2, 0) is 10.0 Å². The van der Waals surface area contributed by atoms with Crippen molar-refractivity contribution in [2.24, 2.45) is 5.92 Å². The summed E-state index contributed by atoms with van der Waals surface area (Å²) in [4.78, 5) is 0. The average molecular weight is 358 g/mol. The third kappa shape index (κ3) is 3.57. The Hall–Kier alpha value is -1.86. The lowest BCUT2D eigenvalue weighted by atomic mass is 9.78. The molecule has 5 nitrogen and oxygen atoms in total. The summed E-state index contributed by atoms with van der Waals surface area (Å²) in [6.45, 7) is -0.306. The van der Waals surface area contributed by atoms with Gasteiger partial charge in [0.25, 0.3) is 0 Å². The van der Waals surface area contributed by atoms with Crippen LogP contribution in [0.5, 0.6) is 0 Å². The average Bonchev–Trinajstić information content (AvgIpc) is 3.06. The van der Waals surface area contributed by atoms with E-state index in [0.717, 1.165) is 21.7 Å². The van der Waals surface area contributed by atoms with E-state index in [4.69, 9.17) is 0 Å². The highest BCUT2D eigenvalue weighted by atomic mass is 32.2. The van der Waals surface area contributed by atoms with E-state index in [-0.39, 0.29) is 12.5 Å². The fourth-order valence-corrected chi connectivity index (χ4v) is 5.14. The van der Waals surface area contributed by atoms with Crippen molar-refractivity contribution in [3.05, 3.63) is 35.4 Å². The van der Waals surface area contributed by atoms with Gasteiger partial charge in [-0.15, -0.1) is 0 Å². The summed E-state index contributed by atoms with van der Waals surface area (Å²) >= 11 is 0. The molecule has 1 N–H and O–H groups in total. The molecule has 0 aromatic heterocycles.